The lowest BCUT2D eigenvalue weighted by Gasteiger charge is -2.09. The van der Waals surface area contributed by atoms with Crippen LogP contribution in [0.15, 0.2) is 48.5 Å². The van der Waals surface area contributed by atoms with Crippen molar-refractivity contribution >= 4 is 0 Å². The molecule has 0 unspecified atom stereocenters. The van der Waals surface area contributed by atoms with Crippen LogP contribution in [0, 0.1) is 0 Å². The summed E-state index contributed by atoms with van der Waals surface area (Å²) < 4.78 is 5.62. The van der Waals surface area contributed by atoms with Gasteiger partial charge in [0.05, 0.1) is 0 Å². The lowest BCUT2D eigenvalue weighted by molar-refractivity contribution is 0.288. The molecule has 0 spiro atoms. The molecular weight excluding hydrogens is 212 g/mol. The Kier molecular flexibility index (Phi) is 3.66. The fourth-order valence-corrected chi connectivity index (χ4v) is 1.63. The topological polar surface area (TPSA) is 29.5 Å². The molecule has 0 aliphatic rings. The number of hydrogen-bond donors (Lipinski definition) is 1. The van der Waals surface area contributed by atoms with Gasteiger partial charge in [-0.15, -0.1) is 0 Å². The molecule has 2 nitrogen and oxygen atoms in total. The van der Waals surface area contributed by atoms with E-state index >= 15 is 0 Å². The van der Waals surface area contributed by atoms with Crippen molar-refractivity contribution in [2.45, 2.75) is 20.0 Å². The Balaban J connectivity index is 2.08. The number of aromatic hydroxyl groups is 1. The van der Waals surface area contributed by atoms with Gasteiger partial charge in [0.1, 0.15) is 6.61 Å². The van der Waals surface area contributed by atoms with Crippen molar-refractivity contribution in [3.63, 3.8) is 0 Å². The summed E-state index contributed by atoms with van der Waals surface area (Å²) in [5.74, 6) is 0.742. The molecule has 0 saturated carbocycles. The maximum absolute atomic E-state index is 9.68. The Bertz CT molecular complexity index is 478. The summed E-state index contributed by atoms with van der Waals surface area (Å²) in [5.41, 5.74) is 2.25. The van der Waals surface area contributed by atoms with E-state index in [1.165, 1.54) is 0 Å². The molecule has 2 aromatic carbocycles. The van der Waals surface area contributed by atoms with Gasteiger partial charge >= 0.3 is 0 Å². The van der Waals surface area contributed by atoms with Gasteiger partial charge < -0.3 is 9.84 Å². The molecule has 0 aromatic heterocycles. The van der Waals surface area contributed by atoms with Crippen LogP contribution in [0.2, 0.25) is 0 Å². The first-order chi connectivity index (χ1) is 8.29. The Labute approximate surface area is 101 Å². The summed E-state index contributed by atoms with van der Waals surface area (Å²) in [7, 11) is 0. The largest absolute Gasteiger partial charge is 0.504 e. The summed E-state index contributed by atoms with van der Waals surface area (Å²) in [6.07, 6.45) is 0.933. The van der Waals surface area contributed by atoms with Crippen molar-refractivity contribution in [2.24, 2.45) is 0 Å². The van der Waals surface area contributed by atoms with E-state index in [0.717, 1.165) is 17.5 Å². The van der Waals surface area contributed by atoms with Crippen LogP contribution in [0.1, 0.15) is 18.1 Å². The van der Waals surface area contributed by atoms with E-state index in [1.807, 2.05) is 42.5 Å². The minimum atomic E-state index is 0.193. The van der Waals surface area contributed by atoms with Gasteiger partial charge in [0.2, 0.25) is 0 Å². The molecule has 2 rings (SSSR count). The first kappa shape index (κ1) is 11.5. The molecule has 0 fully saturated rings. The van der Waals surface area contributed by atoms with Gasteiger partial charge in [-0.1, -0.05) is 43.3 Å². The summed E-state index contributed by atoms with van der Waals surface area (Å²) >= 11 is 0. The molecule has 0 aliphatic carbocycles. The highest BCUT2D eigenvalue weighted by atomic mass is 16.5. The zero-order chi connectivity index (χ0) is 12.1. The summed E-state index contributed by atoms with van der Waals surface area (Å²) in [5, 5.41) is 9.68. The molecule has 0 saturated heterocycles. The fraction of sp³-hybridized carbons (Fsp3) is 0.200. The van der Waals surface area contributed by atoms with Crippen molar-refractivity contribution in [3.05, 3.63) is 59.7 Å². The number of benzene rings is 2. The van der Waals surface area contributed by atoms with E-state index < -0.39 is 0 Å². The Morgan fingerprint density at radius 3 is 2.47 bits per heavy atom. The Morgan fingerprint density at radius 2 is 1.76 bits per heavy atom. The molecule has 1 N–H and O–H groups in total. The molecule has 88 valence electrons. The van der Waals surface area contributed by atoms with Crippen molar-refractivity contribution in [3.8, 4) is 11.5 Å². The molecular formula is C15H16O2. The lowest BCUT2D eigenvalue weighted by Crippen LogP contribution is -1.96. The number of rotatable bonds is 4. The molecule has 0 bridgehead atoms. The zero-order valence-electron chi connectivity index (χ0n) is 9.89. The third-order valence-electron chi connectivity index (χ3n) is 2.67. The van der Waals surface area contributed by atoms with E-state index in [0.29, 0.717) is 12.4 Å². The van der Waals surface area contributed by atoms with Gasteiger partial charge in [0.15, 0.2) is 11.5 Å². The van der Waals surface area contributed by atoms with Crippen LogP contribution < -0.4 is 4.74 Å². The SMILES string of the molecule is CCc1ccc(O)c(OCc2ccccc2)c1. The van der Waals surface area contributed by atoms with Crippen molar-refractivity contribution in [1.82, 2.24) is 0 Å². The van der Waals surface area contributed by atoms with Gasteiger partial charge in [0, 0.05) is 0 Å². The monoisotopic (exact) mass is 228 g/mol. The van der Waals surface area contributed by atoms with Gasteiger partial charge in [-0.05, 0) is 29.7 Å². The van der Waals surface area contributed by atoms with Crippen molar-refractivity contribution in [2.75, 3.05) is 0 Å². The van der Waals surface area contributed by atoms with Crippen molar-refractivity contribution < 1.29 is 9.84 Å². The number of phenolic OH excluding ortho intramolecular Hbond substituents is 1. The van der Waals surface area contributed by atoms with E-state index in [2.05, 4.69) is 6.92 Å². The highest BCUT2D eigenvalue weighted by Gasteiger charge is 2.03. The smallest absolute Gasteiger partial charge is 0.161 e. The summed E-state index contributed by atoms with van der Waals surface area (Å²) in [6, 6.07) is 15.4. The van der Waals surface area contributed by atoms with Crippen LogP contribution in [0.3, 0.4) is 0 Å². The predicted molar refractivity (Wildman–Crippen MR) is 68.3 cm³/mol. The Hall–Kier alpha value is -1.96. The molecule has 0 amide bonds. The number of phenols is 1. The van der Waals surface area contributed by atoms with Gasteiger partial charge in [-0.2, -0.15) is 0 Å². The van der Waals surface area contributed by atoms with Gasteiger partial charge in [-0.25, -0.2) is 0 Å². The molecule has 0 aliphatic heterocycles. The number of hydrogen-bond acceptors (Lipinski definition) is 2. The molecule has 0 radical (unpaired) electrons. The molecule has 2 aromatic rings. The molecule has 17 heavy (non-hydrogen) atoms. The van der Waals surface area contributed by atoms with Crippen LogP contribution in [0.4, 0.5) is 0 Å². The normalized spacial score (nSPS) is 10.2. The highest BCUT2D eigenvalue weighted by molar-refractivity contribution is 5.41. The van der Waals surface area contributed by atoms with Gasteiger partial charge in [0.25, 0.3) is 0 Å². The molecule has 0 atom stereocenters. The number of aryl methyl sites for hydroxylation is 1. The minimum absolute atomic E-state index is 0.193. The average Bonchev–Trinajstić information content (AvgIpc) is 2.39. The Morgan fingerprint density at radius 1 is 1.00 bits per heavy atom. The summed E-state index contributed by atoms with van der Waals surface area (Å²) in [6.45, 7) is 2.55. The second-order valence-corrected chi connectivity index (χ2v) is 3.93. The standard InChI is InChI=1S/C15H16O2/c1-2-12-8-9-14(16)15(10-12)17-11-13-6-4-3-5-7-13/h3-10,16H,2,11H2,1H3. The lowest BCUT2D eigenvalue weighted by atomic mass is 10.1. The third kappa shape index (κ3) is 3.00. The van der Waals surface area contributed by atoms with E-state index in [1.54, 1.807) is 6.07 Å². The van der Waals surface area contributed by atoms with Gasteiger partial charge in [-0.3, -0.25) is 0 Å². The maximum atomic E-state index is 9.68. The van der Waals surface area contributed by atoms with Crippen LogP contribution in [0.25, 0.3) is 0 Å². The minimum Gasteiger partial charge on any atom is -0.504 e. The van der Waals surface area contributed by atoms with Crippen LogP contribution in [-0.2, 0) is 13.0 Å². The van der Waals surface area contributed by atoms with E-state index in [-0.39, 0.29) is 5.75 Å². The zero-order valence-corrected chi connectivity index (χ0v) is 9.89. The second-order valence-electron chi connectivity index (χ2n) is 3.93. The van der Waals surface area contributed by atoms with Crippen LogP contribution >= 0.6 is 0 Å². The van der Waals surface area contributed by atoms with E-state index in [9.17, 15) is 5.11 Å². The second kappa shape index (κ2) is 5.39. The fourth-order valence-electron chi connectivity index (χ4n) is 1.63. The first-order valence-electron chi connectivity index (χ1n) is 5.78. The molecule has 0 heterocycles. The quantitative estimate of drug-likeness (QED) is 0.867. The predicted octanol–water partition coefficient (Wildman–Crippen LogP) is 3.53. The number of ether oxygens (including phenoxy) is 1. The summed E-state index contributed by atoms with van der Waals surface area (Å²) in [4.78, 5) is 0. The average molecular weight is 228 g/mol. The third-order valence-corrected chi connectivity index (χ3v) is 2.67. The van der Waals surface area contributed by atoms with Crippen molar-refractivity contribution in [1.29, 1.82) is 0 Å². The molecule has 2 heteroatoms. The first-order valence-corrected chi connectivity index (χ1v) is 5.78. The van der Waals surface area contributed by atoms with Crippen LogP contribution in [-0.4, -0.2) is 5.11 Å². The van der Waals surface area contributed by atoms with Crippen LogP contribution in [0.5, 0.6) is 11.5 Å². The van der Waals surface area contributed by atoms with E-state index in [4.69, 9.17) is 4.74 Å². The maximum Gasteiger partial charge on any atom is 0.161 e. The highest BCUT2D eigenvalue weighted by Crippen LogP contribution is 2.27.